The topological polar surface area (TPSA) is 83.8 Å². The number of aromatic hydroxyl groups is 2. The molecule has 7 heteroatoms. The van der Waals surface area contributed by atoms with E-state index in [1.807, 2.05) is 35.3 Å². The molecule has 0 saturated carbocycles. The number of phenols is 2. The average molecular weight is 418 g/mol. The monoisotopic (exact) mass is 418 g/mol. The number of phenolic OH excluding ortho intramolecular Hbond substituents is 2. The van der Waals surface area contributed by atoms with Crippen LogP contribution in [0.3, 0.4) is 0 Å². The van der Waals surface area contributed by atoms with E-state index in [9.17, 15) is 10.2 Å². The van der Waals surface area contributed by atoms with Crippen molar-refractivity contribution in [3.63, 3.8) is 0 Å². The van der Waals surface area contributed by atoms with Gasteiger partial charge in [-0.15, -0.1) is 0 Å². The lowest BCUT2D eigenvalue weighted by Gasteiger charge is -2.38. The smallest absolute Gasteiger partial charge is 0.214 e. The molecule has 2 heterocycles. The minimum atomic E-state index is -0.514. The second kappa shape index (κ2) is 7.43. The van der Waals surface area contributed by atoms with Gasteiger partial charge in [-0.2, -0.15) is 5.10 Å². The van der Waals surface area contributed by atoms with Crippen LogP contribution in [0.15, 0.2) is 65.8 Å². The molecule has 0 amide bonds. The van der Waals surface area contributed by atoms with Crippen LogP contribution in [0, 0.1) is 0 Å². The average Bonchev–Trinajstić information content (AvgIpc) is 3.24. The van der Waals surface area contributed by atoms with E-state index in [1.54, 1.807) is 44.6 Å². The molecule has 0 fully saturated rings. The van der Waals surface area contributed by atoms with Crippen LogP contribution in [-0.4, -0.2) is 35.2 Å². The third kappa shape index (κ3) is 3.18. The van der Waals surface area contributed by atoms with Crippen LogP contribution in [0.5, 0.6) is 28.7 Å². The summed E-state index contributed by atoms with van der Waals surface area (Å²) in [5.74, 6) is 2.30. The Morgan fingerprint density at radius 2 is 1.81 bits per heavy atom. The number of nitrogens with zero attached hydrogens (tertiary/aromatic N) is 2. The number of ether oxygens (including phenoxy) is 3. The lowest BCUT2D eigenvalue weighted by molar-refractivity contribution is -0.0209. The fraction of sp³-hybridized carbons (Fsp3) is 0.208. The number of benzene rings is 3. The van der Waals surface area contributed by atoms with E-state index in [1.165, 1.54) is 0 Å². The van der Waals surface area contributed by atoms with Crippen molar-refractivity contribution in [3.05, 3.63) is 77.4 Å². The first-order chi connectivity index (χ1) is 15.1. The molecule has 2 aliphatic rings. The van der Waals surface area contributed by atoms with Crippen molar-refractivity contribution in [1.29, 1.82) is 0 Å². The number of rotatable bonds is 4. The molecule has 7 nitrogen and oxygen atoms in total. The van der Waals surface area contributed by atoms with Gasteiger partial charge in [0.15, 0.2) is 11.5 Å². The maximum absolute atomic E-state index is 10.5. The Balaban J connectivity index is 1.63. The van der Waals surface area contributed by atoms with Crippen LogP contribution in [0.25, 0.3) is 0 Å². The van der Waals surface area contributed by atoms with Gasteiger partial charge in [0.1, 0.15) is 17.2 Å². The highest BCUT2D eigenvalue weighted by atomic mass is 16.5. The summed E-state index contributed by atoms with van der Waals surface area (Å²) >= 11 is 0. The van der Waals surface area contributed by atoms with Gasteiger partial charge >= 0.3 is 0 Å². The predicted octanol–water partition coefficient (Wildman–Crippen LogP) is 4.36. The van der Waals surface area contributed by atoms with Crippen LogP contribution < -0.4 is 14.2 Å². The Morgan fingerprint density at radius 3 is 2.55 bits per heavy atom. The van der Waals surface area contributed by atoms with Gasteiger partial charge in [0.2, 0.25) is 6.23 Å². The van der Waals surface area contributed by atoms with E-state index < -0.39 is 6.23 Å². The summed E-state index contributed by atoms with van der Waals surface area (Å²) in [7, 11) is 3.21. The Kier molecular flexibility index (Phi) is 4.58. The number of fused-ring (bicyclic) bond motifs is 3. The summed E-state index contributed by atoms with van der Waals surface area (Å²) in [6.07, 6.45) is 0.0680. The summed E-state index contributed by atoms with van der Waals surface area (Å²) in [6, 6.07) is 17.7. The Bertz CT molecular complexity index is 1160. The van der Waals surface area contributed by atoms with Crippen LogP contribution in [0.4, 0.5) is 0 Å². The quantitative estimate of drug-likeness (QED) is 0.655. The van der Waals surface area contributed by atoms with Crippen molar-refractivity contribution in [1.82, 2.24) is 5.01 Å². The van der Waals surface area contributed by atoms with E-state index in [-0.39, 0.29) is 17.5 Å². The minimum Gasteiger partial charge on any atom is -0.508 e. The molecule has 5 rings (SSSR count). The van der Waals surface area contributed by atoms with Gasteiger partial charge in [0.25, 0.3) is 0 Å². The molecule has 2 N–H and O–H groups in total. The molecule has 0 saturated heterocycles. The fourth-order valence-corrected chi connectivity index (χ4v) is 4.14. The molecule has 3 aromatic carbocycles. The van der Waals surface area contributed by atoms with Crippen molar-refractivity contribution < 1.29 is 24.4 Å². The van der Waals surface area contributed by atoms with Gasteiger partial charge in [-0.05, 0) is 48.5 Å². The lowest BCUT2D eigenvalue weighted by Crippen LogP contribution is -2.33. The first kappa shape index (κ1) is 19.1. The van der Waals surface area contributed by atoms with E-state index in [0.29, 0.717) is 29.2 Å². The van der Waals surface area contributed by atoms with E-state index >= 15 is 0 Å². The number of hydrogen-bond acceptors (Lipinski definition) is 7. The standard InChI is InChI=1S/C24H22N2O5/c1-29-16-10-11-21(28)18(12-16)19-13-20-17-4-3-5-22(30-2)23(17)31-24(26(20)25-19)14-6-8-15(27)9-7-14/h3-12,20,24,27-28H,13H2,1-2H3/t20-,24+/m0/s1. The second-order valence-electron chi connectivity index (χ2n) is 7.47. The van der Waals surface area contributed by atoms with Crippen LogP contribution in [0.2, 0.25) is 0 Å². The number of hydrazone groups is 1. The normalized spacial score (nSPS) is 19.2. The van der Waals surface area contributed by atoms with Crippen molar-refractivity contribution in [2.45, 2.75) is 18.7 Å². The van der Waals surface area contributed by atoms with Crippen LogP contribution in [-0.2, 0) is 0 Å². The minimum absolute atomic E-state index is 0.0988. The summed E-state index contributed by atoms with van der Waals surface area (Å²) < 4.78 is 17.3. The van der Waals surface area contributed by atoms with E-state index in [0.717, 1.165) is 16.8 Å². The maximum atomic E-state index is 10.5. The van der Waals surface area contributed by atoms with Crippen molar-refractivity contribution in [2.75, 3.05) is 14.2 Å². The first-order valence-corrected chi connectivity index (χ1v) is 9.94. The Labute approximate surface area is 179 Å². The molecule has 2 aliphatic heterocycles. The van der Waals surface area contributed by atoms with Gasteiger partial charge in [-0.1, -0.05) is 12.1 Å². The second-order valence-corrected chi connectivity index (χ2v) is 7.47. The Hall–Kier alpha value is -3.87. The maximum Gasteiger partial charge on any atom is 0.214 e. The van der Waals surface area contributed by atoms with Gasteiger partial charge < -0.3 is 24.4 Å². The zero-order valence-electron chi connectivity index (χ0n) is 17.1. The molecular formula is C24H22N2O5. The number of methoxy groups -OCH3 is 2. The molecule has 0 radical (unpaired) electrons. The van der Waals surface area contributed by atoms with Crippen molar-refractivity contribution >= 4 is 5.71 Å². The molecule has 0 bridgehead atoms. The molecule has 0 spiro atoms. The molecule has 2 atom stereocenters. The van der Waals surface area contributed by atoms with Gasteiger partial charge in [0, 0.05) is 23.1 Å². The van der Waals surface area contributed by atoms with Crippen molar-refractivity contribution in [3.8, 4) is 28.7 Å². The highest BCUT2D eigenvalue weighted by molar-refractivity contribution is 6.04. The number of hydrogen-bond donors (Lipinski definition) is 2. The van der Waals surface area contributed by atoms with Gasteiger partial charge in [0.05, 0.1) is 26.0 Å². The molecule has 0 aromatic heterocycles. The van der Waals surface area contributed by atoms with Crippen LogP contribution >= 0.6 is 0 Å². The summed E-state index contributed by atoms with van der Waals surface area (Å²) in [5, 5.41) is 27.0. The molecule has 158 valence electrons. The van der Waals surface area contributed by atoms with E-state index in [2.05, 4.69) is 0 Å². The third-order valence-electron chi connectivity index (χ3n) is 5.69. The van der Waals surface area contributed by atoms with Gasteiger partial charge in [-0.25, -0.2) is 5.01 Å². The molecule has 0 unspecified atom stereocenters. The fourth-order valence-electron chi connectivity index (χ4n) is 4.14. The largest absolute Gasteiger partial charge is 0.508 e. The highest BCUT2D eigenvalue weighted by Crippen LogP contribution is 2.51. The van der Waals surface area contributed by atoms with Gasteiger partial charge in [-0.3, -0.25) is 0 Å². The Morgan fingerprint density at radius 1 is 1.00 bits per heavy atom. The van der Waals surface area contributed by atoms with Crippen molar-refractivity contribution in [2.24, 2.45) is 5.10 Å². The summed E-state index contributed by atoms with van der Waals surface area (Å²) in [6.45, 7) is 0. The first-order valence-electron chi connectivity index (χ1n) is 9.94. The summed E-state index contributed by atoms with van der Waals surface area (Å²) in [5.41, 5.74) is 3.18. The zero-order valence-corrected chi connectivity index (χ0v) is 17.1. The van der Waals surface area contributed by atoms with Crippen LogP contribution in [0.1, 0.15) is 35.4 Å². The predicted molar refractivity (Wildman–Crippen MR) is 115 cm³/mol. The SMILES string of the molecule is COc1ccc(O)c(C2=NN3[C@@H](c4ccc(O)cc4)Oc4c(OC)cccc4[C@@H]3C2)c1. The summed E-state index contributed by atoms with van der Waals surface area (Å²) in [4.78, 5) is 0. The highest BCUT2D eigenvalue weighted by Gasteiger charge is 2.42. The molecule has 3 aromatic rings. The molecule has 31 heavy (non-hydrogen) atoms. The third-order valence-corrected chi connectivity index (χ3v) is 5.69. The van der Waals surface area contributed by atoms with E-state index in [4.69, 9.17) is 19.3 Å². The molecular weight excluding hydrogens is 396 g/mol. The molecule has 0 aliphatic carbocycles. The lowest BCUT2D eigenvalue weighted by atomic mass is 9.95. The zero-order chi connectivity index (χ0) is 21.5. The number of para-hydroxylation sites is 1.